The standard InChI is InChI=1S/C49H34N4/c1-49(2)44-16-10-9-15-40(44)43-29-41(42(30-45(43)49)36-23-21-34(22-24-36)33-19-17-32(31-50)18-20-33)35-25-27-39(28-26-35)48-52-46(37-11-5-3-6-12-37)51-47(53-48)38-13-7-4-8-14-38/h3-30H,1-2H3. The summed E-state index contributed by atoms with van der Waals surface area (Å²) in [6.07, 6.45) is 0. The number of aromatic nitrogens is 3. The summed E-state index contributed by atoms with van der Waals surface area (Å²) in [6, 6.07) is 61.1. The quantitative estimate of drug-likeness (QED) is 0.176. The van der Waals surface area contributed by atoms with E-state index in [1.54, 1.807) is 0 Å². The molecule has 7 aromatic carbocycles. The van der Waals surface area contributed by atoms with Gasteiger partial charge in [-0.3, -0.25) is 0 Å². The first-order valence-electron chi connectivity index (χ1n) is 17.8. The van der Waals surface area contributed by atoms with Gasteiger partial charge in [-0.1, -0.05) is 159 Å². The largest absolute Gasteiger partial charge is 0.208 e. The number of rotatable bonds is 6. The lowest BCUT2D eigenvalue weighted by Crippen LogP contribution is -2.15. The van der Waals surface area contributed by atoms with Crippen molar-refractivity contribution in [3.05, 3.63) is 187 Å². The molecule has 0 saturated carbocycles. The molecule has 0 aliphatic heterocycles. The fraction of sp³-hybridized carbons (Fsp3) is 0.0612. The first-order chi connectivity index (χ1) is 26.0. The van der Waals surface area contributed by atoms with Gasteiger partial charge in [0.2, 0.25) is 0 Å². The Hall–Kier alpha value is -6.96. The zero-order valence-electron chi connectivity index (χ0n) is 29.5. The van der Waals surface area contributed by atoms with Crippen molar-refractivity contribution in [2.24, 2.45) is 0 Å². The second kappa shape index (κ2) is 13.0. The van der Waals surface area contributed by atoms with Crippen molar-refractivity contribution < 1.29 is 0 Å². The number of fused-ring (bicyclic) bond motifs is 3. The molecule has 9 rings (SSSR count). The van der Waals surface area contributed by atoms with Gasteiger partial charge in [-0.25, -0.2) is 15.0 Å². The molecule has 1 aliphatic rings. The molecule has 0 radical (unpaired) electrons. The Kier molecular flexibility index (Phi) is 7.83. The average Bonchev–Trinajstić information content (AvgIpc) is 3.46. The monoisotopic (exact) mass is 678 g/mol. The van der Waals surface area contributed by atoms with Gasteiger partial charge in [-0.15, -0.1) is 0 Å². The maximum absolute atomic E-state index is 9.26. The highest BCUT2D eigenvalue weighted by Gasteiger charge is 2.36. The Labute approximate surface area is 309 Å². The highest BCUT2D eigenvalue weighted by atomic mass is 15.0. The van der Waals surface area contributed by atoms with Crippen LogP contribution in [-0.2, 0) is 5.41 Å². The van der Waals surface area contributed by atoms with E-state index in [2.05, 4.69) is 105 Å². The Bertz CT molecular complexity index is 2600. The van der Waals surface area contributed by atoms with Crippen LogP contribution in [0.3, 0.4) is 0 Å². The molecule has 1 heterocycles. The molecule has 0 spiro atoms. The van der Waals surface area contributed by atoms with E-state index >= 15 is 0 Å². The minimum absolute atomic E-state index is 0.128. The Morgan fingerprint density at radius 3 is 1.32 bits per heavy atom. The lowest BCUT2D eigenvalue weighted by molar-refractivity contribution is 0.660. The summed E-state index contributed by atoms with van der Waals surface area (Å²) in [7, 11) is 0. The zero-order chi connectivity index (χ0) is 35.9. The summed E-state index contributed by atoms with van der Waals surface area (Å²) in [5.41, 5.74) is 15.4. The van der Waals surface area contributed by atoms with Gasteiger partial charge in [-0.2, -0.15) is 5.26 Å². The molecule has 0 saturated heterocycles. The van der Waals surface area contributed by atoms with Crippen LogP contribution in [0.1, 0.15) is 30.5 Å². The smallest absolute Gasteiger partial charge is 0.164 e. The molecule has 0 fully saturated rings. The Morgan fingerprint density at radius 2 is 0.792 bits per heavy atom. The molecule has 1 aromatic heterocycles. The highest BCUT2D eigenvalue weighted by Crippen LogP contribution is 2.52. The molecule has 250 valence electrons. The first kappa shape index (κ1) is 32.0. The first-order valence-corrected chi connectivity index (χ1v) is 17.8. The molecular formula is C49H34N4. The van der Waals surface area contributed by atoms with E-state index in [0.29, 0.717) is 23.0 Å². The second-order valence-electron chi connectivity index (χ2n) is 14.0. The minimum Gasteiger partial charge on any atom is -0.208 e. The van der Waals surface area contributed by atoms with Crippen molar-refractivity contribution in [1.82, 2.24) is 15.0 Å². The summed E-state index contributed by atoms with van der Waals surface area (Å²) < 4.78 is 0. The van der Waals surface area contributed by atoms with E-state index < -0.39 is 0 Å². The van der Waals surface area contributed by atoms with Crippen molar-refractivity contribution in [1.29, 1.82) is 5.26 Å². The number of hydrogen-bond donors (Lipinski definition) is 0. The van der Waals surface area contributed by atoms with Crippen LogP contribution in [0.2, 0.25) is 0 Å². The van der Waals surface area contributed by atoms with Crippen molar-refractivity contribution in [2.75, 3.05) is 0 Å². The average molecular weight is 679 g/mol. The fourth-order valence-electron chi connectivity index (χ4n) is 7.54. The maximum atomic E-state index is 9.26. The summed E-state index contributed by atoms with van der Waals surface area (Å²) in [6.45, 7) is 4.65. The molecular weight excluding hydrogens is 645 g/mol. The molecule has 0 N–H and O–H groups in total. The lowest BCUT2D eigenvalue weighted by atomic mass is 9.80. The van der Waals surface area contributed by atoms with Crippen molar-refractivity contribution in [2.45, 2.75) is 19.3 Å². The maximum Gasteiger partial charge on any atom is 0.164 e. The predicted molar refractivity (Wildman–Crippen MR) is 215 cm³/mol. The van der Waals surface area contributed by atoms with Gasteiger partial charge in [0.05, 0.1) is 11.6 Å². The van der Waals surface area contributed by atoms with Crippen LogP contribution in [0.4, 0.5) is 0 Å². The van der Waals surface area contributed by atoms with Crippen LogP contribution in [0.15, 0.2) is 170 Å². The minimum atomic E-state index is -0.128. The molecule has 0 unspecified atom stereocenters. The lowest BCUT2D eigenvalue weighted by Gasteiger charge is -2.23. The van der Waals surface area contributed by atoms with Crippen molar-refractivity contribution in [3.63, 3.8) is 0 Å². The van der Waals surface area contributed by atoms with Gasteiger partial charge in [-0.05, 0) is 79.9 Å². The Balaban J connectivity index is 1.16. The molecule has 53 heavy (non-hydrogen) atoms. The van der Waals surface area contributed by atoms with E-state index in [9.17, 15) is 5.26 Å². The number of benzene rings is 7. The van der Waals surface area contributed by atoms with Crippen LogP contribution in [-0.4, -0.2) is 15.0 Å². The third kappa shape index (κ3) is 5.79. The van der Waals surface area contributed by atoms with Gasteiger partial charge in [0.1, 0.15) is 0 Å². The molecule has 0 atom stereocenters. The van der Waals surface area contributed by atoms with E-state index in [4.69, 9.17) is 15.0 Å². The van der Waals surface area contributed by atoms with Crippen LogP contribution < -0.4 is 0 Å². The van der Waals surface area contributed by atoms with E-state index in [0.717, 1.165) is 38.9 Å². The molecule has 0 amide bonds. The summed E-state index contributed by atoms with van der Waals surface area (Å²) in [4.78, 5) is 14.8. The third-order valence-corrected chi connectivity index (χ3v) is 10.4. The van der Waals surface area contributed by atoms with Gasteiger partial charge >= 0.3 is 0 Å². The number of nitrogens with zero attached hydrogens (tertiary/aromatic N) is 4. The number of hydrogen-bond acceptors (Lipinski definition) is 4. The van der Waals surface area contributed by atoms with E-state index in [1.807, 2.05) is 84.9 Å². The van der Waals surface area contributed by atoms with Crippen LogP contribution in [0.25, 0.3) is 78.7 Å². The molecule has 8 aromatic rings. The van der Waals surface area contributed by atoms with Crippen LogP contribution >= 0.6 is 0 Å². The third-order valence-electron chi connectivity index (χ3n) is 10.4. The van der Waals surface area contributed by atoms with Crippen molar-refractivity contribution >= 4 is 0 Å². The predicted octanol–water partition coefficient (Wildman–Crippen LogP) is 12.1. The van der Waals surface area contributed by atoms with Crippen LogP contribution in [0.5, 0.6) is 0 Å². The molecule has 0 bridgehead atoms. The fourth-order valence-corrected chi connectivity index (χ4v) is 7.54. The van der Waals surface area contributed by atoms with Gasteiger partial charge in [0.15, 0.2) is 17.5 Å². The Morgan fingerprint density at radius 1 is 0.377 bits per heavy atom. The summed E-state index contributed by atoms with van der Waals surface area (Å²) in [5.74, 6) is 1.92. The van der Waals surface area contributed by atoms with Gasteiger partial charge in [0, 0.05) is 22.1 Å². The van der Waals surface area contributed by atoms with Gasteiger partial charge in [0.25, 0.3) is 0 Å². The van der Waals surface area contributed by atoms with E-state index in [1.165, 1.54) is 33.4 Å². The molecule has 1 aliphatic carbocycles. The summed E-state index contributed by atoms with van der Waals surface area (Å²) >= 11 is 0. The zero-order valence-corrected chi connectivity index (χ0v) is 29.5. The molecule has 4 nitrogen and oxygen atoms in total. The van der Waals surface area contributed by atoms with Gasteiger partial charge < -0.3 is 0 Å². The summed E-state index contributed by atoms with van der Waals surface area (Å²) in [5, 5.41) is 9.26. The molecule has 4 heteroatoms. The normalized spacial score (nSPS) is 12.5. The SMILES string of the molecule is CC1(C)c2ccccc2-c2cc(-c3ccc(-c4nc(-c5ccccc5)nc(-c5ccccc5)n4)cc3)c(-c3ccc(-c4ccc(C#N)cc4)cc3)cc21. The van der Waals surface area contributed by atoms with E-state index in [-0.39, 0.29) is 5.41 Å². The number of nitriles is 1. The van der Waals surface area contributed by atoms with Crippen LogP contribution in [0, 0.1) is 11.3 Å². The highest BCUT2D eigenvalue weighted by molar-refractivity contribution is 5.93. The van der Waals surface area contributed by atoms with Crippen molar-refractivity contribution in [3.8, 4) is 84.7 Å². The second-order valence-corrected chi connectivity index (χ2v) is 14.0. The topological polar surface area (TPSA) is 62.5 Å².